The number of benzene rings is 1. The van der Waals surface area contributed by atoms with Crippen LogP contribution in [-0.2, 0) is 0 Å². The SMILES string of the molecule is CCN(C(=O)c1cc(Cl)nnc1Cl)c1cccc(O)c1. The van der Waals surface area contributed by atoms with Crippen LogP contribution in [0.2, 0.25) is 10.3 Å². The van der Waals surface area contributed by atoms with Crippen molar-refractivity contribution in [3.05, 3.63) is 46.2 Å². The number of hydrogen-bond acceptors (Lipinski definition) is 4. The second-order valence-corrected chi connectivity index (χ2v) is 4.69. The van der Waals surface area contributed by atoms with Crippen molar-refractivity contribution in [3.63, 3.8) is 0 Å². The molecule has 0 saturated heterocycles. The van der Waals surface area contributed by atoms with Gasteiger partial charge in [0, 0.05) is 18.3 Å². The minimum absolute atomic E-state index is 0.0157. The van der Waals surface area contributed by atoms with Crippen molar-refractivity contribution in [1.29, 1.82) is 0 Å². The standard InChI is InChI=1S/C13H11Cl2N3O2/c1-2-18(8-4-3-5-9(19)6-8)13(20)10-7-11(14)16-17-12(10)15/h3-7,19H,2H2,1H3. The summed E-state index contributed by atoms with van der Waals surface area (Å²) in [5.41, 5.74) is 0.721. The van der Waals surface area contributed by atoms with E-state index in [0.29, 0.717) is 12.2 Å². The molecule has 0 aliphatic carbocycles. The van der Waals surface area contributed by atoms with Crippen LogP contribution in [0.1, 0.15) is 17.3 Å². The second-order valence-electron chi connectivity index (χ2n) is 3.94. The van der Waals surface area contributed by atoms with Gasteiger partial charge in [-0.1, -0.05) is 29.3 Å². The van der Waals surface area contributed by atoms with Gasteiger partial charge in [-0.05, 0) is 25.1 Å². The summed E-state index contributed by atoms with van der Waals surface area (Å²) < 4.78 is 0. The van der Waals surface area contributed by atoms with Crippen molar-refractivity contribution in [2.45, 2.75) is 6.92 Å². The van der Waals surface area contributed by atoms with E-state index in [1.165, 1.54) is 23.1 Å². The first-order valence-electron chi connectivity index (χ1n) is 5.82. The minimum atomic E-state index is -0.361. The molecule has 1 aromatic carbocycles. The van der Waals surface area contributed by atoms with Crippen LogP contribution in [0.5, 0.6) is 5.75 Å². The Balaban J connectivity index is 2.41. The molecule has 1 aromatic heterocycles. The number of aromatic nitrogens is 2. The Hall–Kier alpha value is -1.85. The lowest BCUT2D eigenvalue weighted by atomic mass is 10.2. The predicted molar refractivity (Wildman–Crippen MR) is 77.5 cm³/mol. The first-order valence-corrected chi connectivity index (χ1v) is 6.58. The van der Waals surface area contributed by atoms with Gasteiger partial charge in [-0.2, -0.15) is 0 Å². The number of amides is 1. The summed E-state index contributed by atoms with van der Waals surface area (Å²) in [7, 11) is 0. The molecular weight excluding hydrogens is 301 g/mol. The summed E-state index contributed by atoms with van der Waals surface area (Å²) in [5.74, 6) is -0.286. The van der Waals surface area contributed by atoms with Crippen molar-refractivity contribution in [2.24, 2.45) is 0 Å². The van der Waals surface area contributed by atoms with E-state index in [-0.39, 0.29) is 27.5 Å². The fraction of sp³-hybridized carbons (Fsp3) is 0.154. The Bertz CT molecular complexity index is 649. The van der Waals surface area contributed by atoms with Gasteiger partial charge in [0.25, 0.3) is 5.91 Å². The monoisotopic (exact) mass is 311 g/mol. The number of carbonyl (C=O) groups is 1. The number of halogens is 2. The Morgan fingerprint density at radius 2 is 2.05 bits per heavy atom. The van der Waals surface area contributed by atoms with Crippen LogP contribution in [0.25, 0.3) is 0 Å². The molecule has 0 aliphatic heterocycles. The summed E-state index contributed by atoms with van der Waals surface area (Å²) in [4.78, 5) is 14.0. The lowest BCUT2D eigenvalue weighted by Gasteiger charge is -2.21. The van der Waals surface area contributed by atoms with Gasteiger partial charge in [-0.3, -0.25) is 4.79 Å². The number of hydrogen-bond donors (Lipinski definition) is 1. The minimum Gasteiger partial charge on any atom is -0.508 e. The molecule has 1 amide bonds. The van der Waals surface area contributed by atoms with Gasteiger partial charge in [0.1, 0.15) is 5.75 Å². The number of anilines is 1. The van der Waals surface area contributed by atoms with Gasteiger partial charge in [-0.15, -0.1) is 10.2 Å². The van der Waals surface area contributed by atoms with Crippen molar-refractivity contribution >= 4 is 34.8 Å². The highest BCUT2D eigenvalue weighted by atomic mass is 35.5. The average Bonchev–Trinajstić information content (AvgIpc) is 2.42. The molecule has 0 atom stereocenters. The molecule has 7 heteroatoms. The third-order valence-electron chi connectivity index (χ3n) is 2.65. The molecule has 5 nitrogen and oxygen atoms in total. The van der Waals surface area contributed by atoms with Crippen molar-refractivity contribution in [1.82, 2.24) is 10.2 Å². The van der Waals surface area contributed by atoms with E-state index in [9.17, 15) is 9.90 Å². The molecule has 0 aliphatic rings. The second kappa shape index (κ2) is 6.07. The van der Waals surface area contributed by atoms with Crippen molar-refractivity contribution in [3.8, 4) is 5.75 Å². The van der Waals surface area contributed by atoms with Gasteiger partial charge >= 0.3 is 0 Å². The van der Waals surface area contributed by atoms with Crippen LogP contribution in [0.4, 0.5) is 5.69 Å². The van der Waals surface area contributed by atoms with Crippen molar-refractivity contribution in [2.75, 3.05) is 11.4 Å². The maximum atomic E-state index is 12.5. The Labute approximate surface area is 125 Å². The van der Waals surface area contributed by atoms with Gasteiger partial charge in [0.05, 0.1) is 5.56 Å². The van der Waals surface area contributed by atoms with E-state index in [0.717, 1.165) is 0 Å². The molecule has 1 heterocycles. The van der Waals surface area contributed by atoms with Crippen molar-refractivity contribution < 1.29 is 9.90 Å². The summed E-state index contributed by atoms with van der Waals surface area (Å²) in [6, 6.07) is 7.75. The van der Waals surface area contributed by atoms with E-state index < -0.39 is 0 Å². The number of nitrogens with zero attached hydrogens (tertiary/aromatic N) is 3. The fourth-order valence-electron chi connectivity index (χ4n) is 1.75. The molecule has 1 N–H and O–H groups in total. The van der Waals surface area contributed by atoms with Gasteiger partial charge in [0.15, 0.2) is 10.3 Å². The topological polar surface area (TPSA) is 66.3 Å². The number of aromatic hydroxyl groups is 1. The highest BCUT2D eigenvalue weighted by Crippen LogP contribution is 2.24. The summed E-state index contributed by atoms with van der Waals surface area (Å²) in [6.07, 6.45) is 0. The zero-order valence-corrected chi connectivity index (χ0v) is 12.1. The van der Waals surface area contributed by atoms with Crippen LogP contribution in [0, 0.1) is 0 Å². The van der Waals surface area contributed by atoms with E-state index in [1.54, 1.807) is 12.1 Å². The molecule has 0 bridgehead atoms. The zero-order chi connectivity index (χ0) is 14.7. The van der Waals surface area contributed by atoms with E-state index in [4.69, 9.17) is 23.2 Å². The first kappa shape index (κ1) is 14.6. The predicted octanol–water partition coefficient (Wildman–Crippen LogP) is 3.16. The normalized spacial score (nSPS) is 10.3. The van der Waals surface area contributed by atoms with Crippen LogP contribution in [-0.4, -0.2) is 27.8 Å². The lowest BCUT2D eigenvalue weighted by Crippen LogP contribution is -2.31. The highest BCUT2D eigenvalue weighted by molar-refractivity contribution is 6.34. The van der Waals surface area contributed by atoms with Crippen LogP contribution in [0.3, 0.4) is 0 Å². The number of carbonyl (C=O) groups excluding carboxylic acids is 1. The molecule has 0 saturated carbocycles. The number of phenolic OH excluding ortho intramolecular Hbond substituents is 1. The summed E-state index contributed by atoms with van der Waals surface area (Å²) in [6.45, 7) is 2.21. The largest absolute Gasteiger partial charge is 0.508 e. The average molecular weight is 312 g/mol. The Kier molecular flexibility index (Phi) is 4.42. The fourth-order valence-corrected chi connectivity index (χ4v) is 2.07. The van der Waals surface area contributed by atoms with Crippen LogP contribution >= 0.6 is 23.2 Å². The van der Waals surface area contributed by atoms with E-state index in [2.05, 4.69) is 10.2 Å². The molecule has 0 fully saturated rings. The van der Waals surface area contributed by atoms with Crippen LogP contribution < -0.4 is 4.90 Å². The quantitative estimate of drug-likeness (QED) is 0.945. The Morgan fingerprint density at radius 1 is 1.30 bits per heavy atom. The van der Waals surface area contributed by atoms with E-state index in [1.807, 2.05) is 6.92 Å². The molecule has 2 aromatic rings. The highest BCUT2D eigenvalue weighted by Gasteiger charge is 2.20. The smallest absolute Gasteiger partial charge is 0.261 e. The number of phenols is 1. The molecular formula is C13H11Cl2N3O2. The van der Waals surface area contributed by atoms with Crippen LogP contribution in [0.15, 0.2) is 30.3 Å². The zero-order valence-electron chi connectivity index (χ0n) is 10.5. The molecule has 104 valence electrons. The van der Waals surface area contributed by atoms with Gasteiger partial charge in [-0.25, -0.2) is 0 Å². The third kappa shape index (κ3) is 3.00. The first-order chi connectivity index (χ1) is 9.52. The molecule has 2 rings (SSSR count). The molecule has 20 heavy (non-hydrogen) atoms. The maximum Gasteiger partial charge on any atom is 0.261 e. The lowest BCUT2D eigenvalue weighted by molar-refractivity contribution is 0.0988. The summed E-state index contributed by atoms with van der Waals surface area (Å²) in [5, 5.41) is 16.8. The molecule has 0 unspecified atom stereocenters. The van der Waals surface area contributed by atoms with Gasteiger partial charge < -0.3 is 10.0 Å². The molecule has 0 spiro atoms. The third-order valence-corrected chi connectivity index (χ3v) is 3.12. The van der Waals surface area contributed by atoms with E-state index >= 15 is 0 Å². The number of rotatable bonds is 3. The van der Waals surface area contributed by atoms with Gasteiger partial charge in [0.2, 0.25) is 0 Å². The Morgan fingerprint density at radius 3 is 2.70 bits per heavy atom. The maximum absolute atomic E-state index is 12.5. The summed E-state index contributed by atoms with van der Waals surface area (Å²) >= 11 is 11.6. The molecule has 0 radical (unpaired) electrons.